The van der Waals surface area contributed by atoms with Gasteiger partial charge in [0.2, 0.25) is 0 Å². The molecule has 0 aromatic heterocycles. The first-order valence-corrected chi connectivity index (χ1v) is 4.58. The van der Waals surface area contributed by atoms with Gasteiger partial charge in [0.25, 0.3) is 0 Å². The van der Waals surface area contributed by atoms with E-state index in [2.05, 4.69) is 6.58 Å². The van der Waals surface area contributed by atoms with Crippen molar-refractivity contribution >= 4 is 17.5 Å². The Bertz CT molecular complexity index is 131. The number of ketones is 1. The highest BCUT2D eigenvalue weighted by molar-refractivity contribution is 7.99. The van der Waals surface area contributed by atoms with E-state index in [4.69, 9.17) is 0 Å². The molecule has 0 radical (unpaired) electrons. The molecule has 0 bridgehead atoms. The Morgan fingerprint density at radius 3 is 2.30 bits per heavy atom. The van der Waals surface area contributed by atoms with Gasteiger partial charge in [0.15, 0.2) is 0 Å². The van der Waals surface area contributed by atoms with E-state index in [1.165, 1.54) is 0 Å². The number of Topliss-reactive ketones (excluding diaryl/α,β-unsaturated/α-hetero) is 1. The largest absolute Gasteiger partial charge is 0.299 e. The van der Waals surface area contributed by atoms with Crippen LogP contribution >= 0.6 is 11.8 Å². The van der Waals surface area contributed by atoms with Gasteiger partial charge in [-0.1, -0.05) is 13.0 Å². The third-order valence-corrected chi connectivity index (χ3v) is 2.77. The summed E-state index contributed by atoms with van der Waals surface area (Å²) in [6.45, 7) is 7.28. The van der Waals surface area contributed by atoms with Crippen LogP contribution in [-0.4, -0.2) is 17.3 Å². The van der Waals surface area contributed by atoms with Gasteiger partial charge in [0, 0.05) is 0 Å². The molecule has 0 aliphatic rings. The van der Waals surface area contributed by atoms with Crippen LogP contribution in [0.2, 0.25) is 0 Å². The molecular weight excluding hydrogens is 144 g/mol. The summed E-state index contributed by atoms with van der Waals surface area (Å²) in [4.78, 5) is 10.9. The molecule has 0 aromatic rings. The molecule has 0 aromatic carbocycles. The molecule has 1 nitrogen and oxygen atoms in total. The molecule has 2 atom stereocenters. The van der Waals surface area contributed by atoms with E-state index < -0.39 is 0 Å². The van der Waals surface area contributed by atoms with Crippen LogP contribution in [0.25, 0.3) is 0 Å². The van der Waals surface area contributed by atoms with Crippen molar-refractivity contribution in [2.75, 3.05) is 6.26 Å². The standard InChI is InChI=1S/C8H14OS/c1-5-6(2)8(10-4)7(3)9/h5-6,8H,1H2,2-4H3. The molecule has 2 heteroatoms. The zero-order chi connectivity index (χ0) is 8.15. The van der Waals surface area contributed by atoms with Crippen LogP contribution in [0.4, 0.5) is 0 Å². The average molecular weight is 158 g/mol. The van der Waals surface area contributed by atoms with Crippen molar-refractivity contribution in [3.63, 3.8) is 0 Å². The van der Waals surface area contributed by atoms with Gasteiger partial charge in [-0.3, -0.25) is 4.79 Å². The lowest BCUT2D eigenvalue weighted by Crippen LogP contribution is -2.20. The third kappa shape index (κ3) is 2.56. The SMILES string of the molecule is C=CC(C)C(SC)C(C)=O. The topological polar surface area (TPSA) is 17.1 Å². The Kier molecular flexibility index (Phi) is 4.45. The number of hydrogen-bond donors (Lipinski definition) is 0. The predicted molar refractivity (Wildman–Crippen MR) is 47.3 cm³/mol. The summed E-state index contributed by atoms with van der Waals surface area (Å²) in [5.74, 6) is 0.521. The number of thioether (sulfide) groups is 1. The summed E-state index contributed by atoms with van der Waals surface area (Å²) in [7, 11) is 0. The summed E-state index contributed by atoms with van der Waals surface area (Å²) in [6, 6.07) is 0. The molecule has 0 spiro atoms. The van der Waals surface area contributed by atoms with Crippen LogP contribution < -0.4 is 0 Å². The number of allylic oxidation sites excluding steroid dienone is 1. The van der Waals surface area contributed by atoms with Crippen LogP contribution in [0.15, 0.2) is 12.7 Å². The van der Waals surface area contributed by atoms with Crippen molar-refractivity contribution < 1.29 is 4.79 Å². The fourth-order valence-electron chi connectivity index (χ4n) is 0.874. The van der Waals surface area contributed by atoms with Crippen molar-refractivity contribution in [2.24, 2.45) is 5.92 Å². The first kappa shape index (κ1) is 9.76. The molecule has 0 heterocycles. The van der Waals surface area contributed by atoms with Crippen molar-refractivity contribution in [3.8, 4) is 0 Å². The number of rotatable bonds is 4. The molecule has 0 amide bonds. The van der Waals surface area contributed by atoms with Crippen LogP contribution in [-0.2, 0) is 4.79 Å². The lowest BCUT2D eigenvalue weighted by atomic mass is 10.1. The van der Waals surface area contributed by atoms with Crippen molar-refractivity contribution in [3.05, 3.63) is 12.7 Å². The molecule has 0 aliphatic carbocycles. The second kappa shape index (κ2) is 4.56. The van der Waals surface area contributed by atoms with Gasteiger partial charge < -0.3 is 0 Å². The molecule has 58 valence electrons. The van der Waals surface area contributed by atoms with Crippen LogP contribution in [0, 0.1) is 5.92 Å². The fraction of sp³-hybridized carbons (Fsp3) is 0.625. The van der Waals surface area contributed by atoms with Gasteiger partial charge in [0.05, 0.1) is 5.25 Å². The van der Waals surface area contributed by atoms with Crippen molar-refractivity contribution in [1.82, 2.24) is 0 Å². The van der Waals surface area contributed by atoms with E-state index >= 15 is 0 Å². The minimum absolute atomic E-state index is 0.0949. The van der Waals surface area contributed by atoms with Crippen LogP contribution in [0.5, 0.6) is 0 Å². The highest BCUT2D eigenvalue weighted by Gasteiger charge is 2.17. The monoisotopic (exact) mass is 158 g/mol. The maximum atomic E-state index is 10.9. The zero-order valence-electron chi connectivity index (χ0n) is 6.76. The van der Waals surface area contributed by atoms with Crippen molar-refractivity contribution in [1.29, 1.82) is 0 Å². The highest BCUT2D eigenvalue weighted by atomic mass is 32.2. The molecule has 0 rings (SSSR count). The highest BCUT2D eigenvalue weighted by Crippen LogP contribution is 2.18. The lowest BCUT2D eigenvalue weighted by molar-refractivity contribution is -0.116. The third-order valence-electron chi connectivity index (χ3n) is 1.50. The van der Waals surface area contributed by atoms with Gasteiger partial charge in [0.1, 0.15) is 5.78 Å². The van der Waals surface area contributed by atoms with E-state index in [0.29, 0.717) is 0 Å². The van der Waals surface area contributed by atoms with Gasteiger partial charge >= 0.3 is 0 Å². The van der Waals surface area contributed by atoms with Crippen LogP contribution in [0.1, 0.15) is 13.8 Å². The Morgan fingerprint density at radius 1 is 1.70 bits per heavy atom. The Morgan fingerprint density at radius 2 is 2.20 bits per heavy atom. The zero-order valence-corrected chi connectivity index (χ0v) is 7.57. The molecule has 0 saturated heterocycles. The Balaban J connectivity index is 4.05. The summed E-state index contributed by atoms with van der Waals surface area (Å²) in [5, 5.41) is 0.0949. The van der Waals surface area contributed by atoms with Crippen molar-refractivity contribution in [2.45, 2.75) is 19.1 Å². The molecule has 0 aliphatic heterocycles. The molecule has 0 N–H and O–H groups in total. The first-order valence-electron chi connectivity index (χ1n) is 3.29. The molecule has 10 heavy (non-hydrogen) atoms. The first-order chi connectivity index (χ1) is 4.63. The Hall–Kier alpha value is -0.240. The maximum Gasteiger partial charge on any atom is 0.143 e. The number of carbonyl (C=O) groups is 1. The summed E-state index contributed by atoms with van der Waals surface area (Å²) in [6.07, 6.45) is 3.77. The van der Waals surface area contributed by atoms with Gasteiger partial charge in [-0.05, 0) is 19.1 Å². The van der Waals surface area contributed by atoms with E-state index in [1.807, 2.05) is 19.3 Å². The summed E-state index contributed by atoms with van der Waals surface area (Å²) < 4.78 is 0. The number of carbonyl (C=O) groups excluding carboxylic acids is 1. The van der Waals surface area contributed by atoms with E-state index in [9.17, 15) is 4.79 Å². The van der Waals surface area contributed by atoms with Gasteiger partial charge in [-0.25, -0.2) is 0 Å². The van der Waals surface area contributed by atoms with Gasteiger partial charge in [-0.15, -0.1) is 6.58 Å². The Labute approximate surface area is 66.9 Å². The minimum Gasteiger partial charge on any atom is -0.299 e. The maximum absolute atomic E-state index is 10.9. The second-order valence-electron chi connectivity index (χ2n) is 2.36. The quantitative estimate of drug-likeness (QED) is 0.583. The van der Waals surface area contributed by atoms with E-state index in [1.54, 1.807) is 18.7 Å². The summed E-state index contributed by atoms with van der Waals surface area (Å²) in [5.41, 5.74) is 0. The number of hydrogen-bond acceptors (Lipinski definition) is 2. The molecular formula is C8H14OS. The van der Waals surface area contributed by atoms with Gasteiger partial charge in [-0.2, -0.15) is 11.8 Å². The smallest absolute Gasteiger partial charge is 0.143 e. The fourth-order valence-corrected chi connectivity index (χ4v) is 1.75. The predicted octanol–water partition coefficient (Wildman–Crippen LogP) is 2.13. The van der Waals surface area contributed by atoms with E-state index in [-0.39, 0.29) is 17.0 Å². The van der Waals surface area contributed by atoms with Crippen LogP contribution in [0.3, 0.4) is 0 Å². The molecule has 2 unspecified atom stereocenters. The average Bonchev–Trinajstić information content (AvgIpc) is 1.88. The minimum atomic E-state index is 0.0949. The normalized spacial score (nSPS) is 15.9. The van der Waals surface area contributed by atoms with E-state index in [0.717, 1.165) is 0 Å². The second-order valence-corrected chi connectivity index (χ2v) is 3.34. The summed E-state index contributed by atoms with van der Waals surface area (Å²) >= 11 is 1.59. The molecule has 0 saturated carbocycles. The lowest BCUT2D eigenvalue weighted by Gasteiger charge is -2.14. The molecule has 0 fully saturated rings.